The summed E-state index contributed by atoms with van der Waals surface area (Å²) in [5, 5.41) is 2.25. The van der Waals surface area contributed by atoms with Crippen LogP contribution in [0.3, 0.4) is 0 Å². The highest BCUT2D eigenvalue weighted by atomic mass is 16.5. The molecule has 0 aliphatic rings. The first kappa shape index (κ1) is 15.2. The number of pyridine rings is 1. The second-order valence-corrected chi connectivity index (χ2v) is 5.21. The van der Waals surface area contributed by atoms with Crippen molar-refractivity contribution in [3.05, 3.63) is 59.9 Å². The summed E-state index contributed by atoms with van der Waals surface area (Å²) in [7, 11) is 4.95. The maximum Gasteiger partial charge on any atom is 0.160 e. The summed E-state index contributed by atoms with van der Waals surface area (Å²) >= 11 is 0. The van der Waals surface area contributed by atoms with Crippen molar-refractivity contribution in [1.29, 1.82) is 0 Å². The Labute approximate surface area is 135 Å². The Hall–Kier alpha value is -2.75. The molecule has 0 radical (unpaired) electrons. The number of rotatable bonds is 5. The fourth-order valence-electron chi connectivity index (χ4n) is 2.67. The number of aromatic nitrogens is 1. The number of ether oxygens (including phenoxy) is 3. The van der Waals surface area contributed by atoms with E-state index in [0.717, 1.165) is 45.7 Å². The van der Waals surface area contributed by atoms with Gasteiger partial charge in [0.25, 0.3) is 0 Å². The lowest BCUT2D eigenvalue weighted by atomic mass is 10.0. The minimum Gasteiger partial charge on any atom is -0.497 e. The van der Waals surface area contributed by atoms with Crippen LogP contribution in [-0.4, -0.2) is 26.3 Å². The SMILES string of the molecule is COc1ccc2c(Cc3ccc(OC)c(OC)c3)nccc2c1. The third-order valence-electron chi connectivity index (χ3n) is 3.87. The molecule has 3 aromatic rings. The maximum absolute atomic E-state index is 5.37. The average molecular weight is 309 g/mol. The maximum atomic E-state index is 5.37. The topological polar surface area (TPSA) is 40.6 Å². The van der Waals surface area contributed by atoms with E-state index in [1.807, 2.05) is 42.6 Å². The number of benzene rings is 2. The molecular formula is C19H19NO3. The summed E-state index contributed by atoms with van der Waals surface area (Å²) in [4.78, 5) is 4.54. The first-order valence-electron chi connectivity index (χ1n) is 7.37. The van der Waals surface area contributed by atoms with Crippen LogP contribution in [0.4, 0.5) is 0 Å². The van der Waals surface area contributed by atoms with Gasteiger partial charge in [-0.2, -0.15) is 0 Å². The van der Waals surface area contributed by atoms with Gasteiger partial charge in [0.1, 0.15) is 5.75 Å². The molecular weight excluding hydrogens is 290 g/mol. The van der Waals surface area contributed by atoms with Crippen LogP contribution in [-0.2, 0) is 6.42 Å². The quantitative estimate of drug-likeness (QED) is 0.718. The summed E-state index contributed by atoms with van der Waals surface area (Å²) in [6, 6.07) is 14.0. The van der Waals surface area contributed by atoms with E-state index in [-0.39, 0.29) is 0 Å². The highest BCUT2D eigenvalue weighted by Crippen LogP contribution is 2.29. The molecule has 118 valence electrons. The van der Waals surface area contributed by atoms with Gasteiger partial charge in [0.2, 0.25) is 0 Å². The van der Waals surface area contributed by atoms with Crippen LogP contribution >= 0.6 is 0 Å². The number of methoxy groups -OCH3 is 3. The van der Waals surface area contributed by atoms with Gasteiger partial charge in [0.15, 0.2) is 11.5 Å². The van der Waals surface area contributed by atoms with E-state index >= 15 is 0 Å². The molecule has 2 aromatic carbocycles. The second kappa shape index (κ2) is 6.57. The zero-order valence-electron chi connectivity index (χ0n) is 13.5. The highest BCUT2D eigenvalue weighted by molar-refractivity contribution is 5.86. The van der Waals surface area contributed by atoms with Crippen LogP contribution in [0.5, 0.6) is 17.2 Å². The molecule has 0 saturated heterocycles. The van der Waals surface area contributed by atoms with Crippen LogP contribution in [0.1, 0.15) is 11.3 Å². The molecule has 0 bridgehead atoms. The van der Waals surface area contributed by atoms with E-state index in [0.29, 0.717) is 0 Å². The summed E-state index contributed by atoms with van der Waals surface area (Å²) in [6.45, 7) is 0. The number of fused-ring (bicyclic) bond motifs is 1. The minimum absolute atomic E-state index is 0.726. The molecule has 3 rings (SSSR count). The largest absolute Gasteiger partial charge is 0.497 e. The average Bonchev–Trinajstić information content (AvgIpc) is 2.61. The number of hydrogen-bond acceptors (Lipinski definition) is 4. The molecule has 0 unspecified atom stereocenters. The molecule has 0 atom stereocenters. The molecule has 0 fully saturated rings. The van der Waals surface area contributed by atoms with Crippen molar-refractivity contribution >= 4 is 10.8 Å². The van der Waals surface area contributed by atoms with Gasteiger partial charge in [-0.15, -0.1) is 0 Å². The smallest absolute Gasteiger partial charge is 0.160 e. The zero-order chi connectivity index (χ0) is 16.2. The molecule has 0 aliphatic heterocycles. The van der Waals surface area contributed by atoms with Crippen molar-refractivity contribution in [2.75, 3.05) is 21.3 Å². The van der Waals surface area contributed by atoms with Crippen LogP contribution in [0.2, 0.25) is 0 Å². The van der Waals surface area contributed by atoms with Crippen LogP contribution in [0.15, 0.2) is 48.7 Å². The Balaban J connectivity index is 1.98. The molecule has 0 aliphatic carbocycles. The molecule has 4 nitrogen and oxygen atoms in total. The third kappa shape index (κ3) is 3.06. The van der Waals surface area contributed by atoms with Crippen molar-refractivity contribution < 1.29 is 14.2 Å². The second-order valence-electron chi connectivity index (χ2n) is 5.21. The van der Waals surface area contributed by atoms with Gasteiger partial charge in [-0.3, -0.25) is 4.98 Å². The predicted octanol–water partition coefficient (Wildman–Crippen LogP) is 3.85. The Bertz CT molecular complexity index is 830. The van der Waals surface area contributed by atoms with Gasteiger partial charge in [0.05, 0.1) is 27.0 Å². The molecule has 4 heteroatoms. The number of nitrogens with zero attached hydrogens (tertiary/aromatic N) is 1. The lowest BCUT2D eigenvalue weighted by molar-refractivity contribution is 0.354. The van der Waals surface area contributed by atoms with E-state index in [9.17, 15) is 0 Å². The summed E-state index contributed by atoms with van der Waals surface area (Å²) in [5.41, 5.74) is 2.15. The van der Waals surface area contributed by atoms with Crippen molar-refractivity contribution in [2.24, 2.45) is 0 Å². The first-order valence-corrected chi connectivity index (χ1v) is 7.37. The number of hydrogen-bond donors (Lipinski definition) is 0. The summed E-state index contributed by atoms with van der Waals surface area (Å²) < 4.78 is 15.9. The molecule has 0 N–H and O–H groups in total. The first-order chi connectivity index (χ1) is 11.2. The van der Waals surface area contributed by atoms with Gasteiger partial charge >= 0.3 is 0 Å². The summed E-state index contributed by atoms with van der Waals surface area (Å²) in [6.07, 6.45) is 2.56. The predicted molar refractivity (Wildman–Crippen MR) is 90.6 cm³/mol. The molecule has 1 aromatic heterocycles. The van der Waals surface area contributed by atoms with Crippen molar-refractivity contribution in [2.45, 2.75) is 6.42 Å². The van der Waals surface area contributed by atoms with Gasteiger partial charge in [-0.25, -0.2) is 0 Å². The van der Waals surface area contributed by atoms with Crippen LogP contribution in [0, 0.1) is 0 Å². The lowest BCUT2D eigenvalue weighted by Crippen LogP contribution is -1.96. The zero-order valence-corrected chi connectivity index (χ0v) is 13.5. The van der Waals surface area contributed by atoms with Crippen molar-refractivity contribution in [3.63, 3.8) is 0 Å². The Morgan fingerprint density at radius 2 is 1.65 bits per heavy atom. The van der Waals surface area contributed by atoms with Crippen LogP contribution in [0.25, 0.3) is 10.8 Å². The van der Waals surface area contributed by atoms with E-state index in [2.05, 4.69) is 11.1 Å². The molecule has 0 saturated carbocycles. The van der Waals surface area contributed by atoms with Crippen LogP contribution < -0.4 is 14.2 Å². The van der Waals surface area contributed by atoms with E-state index in [4.69, 9.17) is 14.2 Å². The lowest BCUT2D eigenvalue weighted by Gasteiger charge is -2.11. The van der Waals surface area contributed by atoms with Gasteiger partial charge in [-0.1, -0.05) is 6.07 Å². The third-order valence-corrected chi connectivity index (χ3v) is 3.87. The Morgan fingerprint density at radius 3 is 2.39 bits per heavy atom. The van der Waals surface area contributed by atoms with Crippen molar-refractivity contribution in [1.82, 2.24) is 4.98 Å². The van der Waals surface area contributed by atoms with E-state index in [1.54, 1.807) is 21.3 Å². The Morgan fingerprint density at radius 1 is 0.826 bits per heavy atom. The highest BCUT2D eigenvalue weighted by Gasteiger charge is 2.08. The fourth-order valence-corrected chi connectivity index (χ4v) is 2.67. The van der Waals surface area contributed by atoms with E-state index in [1.165, 1.54) is 0 Å². The fraction of sp³-hybridized carbons (Fsp3) is 0.211. The molecule has 23 heavy (non-hydrogen) atoms. The van der Waals surface area contributed by atoms with Gasteiger partial charge in [-0.05, 0) is 47.3 Å². The minimum atomic E-state index is 0.726. The van der Waals surface area contributed by atoms with E-state index < -0.39 is 0 Å². The molecule has 1 heterocycles. The summed E-state index contributed by atoms with van der Waals surface area (Å²) in [5.74, 6) is 2.31. The van der Waals surface area contributed by atoms with Crippen molar-refractivity contribution in [3.8, 4) is 17.2 Å². The standard InChI is InChI=1S/C19H19NO3/c1-21-15-5-6-16-14(12-15)8-9-20-17(16)10-13-4-7-18(22-2)19(11-13)23-3/h4-9,11-12H,10H2,1-3H3. The molecule has 0 spiro atoms. The normalized spacial score (nSPS) is 10.6. The Kier molecular flexibility index (Phi) is 4.33. The van der Waals surface area contributed by atoms with Gasteiger partial charge < -0.3 is 14.2 Å². The monoisotopic (exact) mass is 309 g/mol. The molecule has 0 amide bonds. The van der Waals surface area contributed by atoms with Gasteiger partial charge in [0, 0.05) is 18.0 Å².